The molecule has 4 unspecified atom stereocenters. The summed E-state index contributed by atoms with van der Waals surface area (Å²) >= 11 is 0. The van der Waals surface area contributed by atoms with Crippen LogP contribution >= 0.6 is 0 Å². The summed E-state index contributed by atoms with van der Waals surface area (Å²) in [5.74, 6) is -0.436. The lowest BCUT2D eigenvalue weighted by atomic mass is 9.99. The van der Waals surface area contributed by atoms with Gasteiger partial charge in [0.15, 0.2) is 6.29 Å². The van der Waals surface area contributed by atoms with E-state index in [0.717, 1.165) is 74.9 Å². The van der Waals surface area contributed by atoms with Crippen molar-refractivity contribution in [2.75, 3.05) is 32.1 Å². The number of benzene rings is 2. The van der Waals surface area contributed by atoms with Crippen LogP contribution in [0.5, 0.6) is 0 Å². The monoisotopic (exact) mass is 583 g/mol. The Balaban J connectivity index is 1.34. The van der Waals surface area contributed by atoms with Crippen molar-refractivity contribution in [3.8, 4) is 0 Å². The van der Waals surface area contributed by atoms with Gasteiger partial charge in [-0.3, -0.25) is 19.7 Å². The molecule has 2 aliphatic rings. The summed E-state index contributed by atoms with van der Waals surface area (Å²) in [7, 11) is 1.75. The summed E-state index contributed by atoms with van der Waals surface area (Å²) in [4.78, 5) is 25.9. The van der Waals surface area contributed by atoms with E-state index in [0.29, 0.717) is 24.6 Å². The van der Waals surface area contributed by atoms with Crippen molar-refractivity contribution < 1.29 is 34.1 Å². The maximum atomic E-state index is 12.4. The molecule has 4 rings (SSSR count). The van der Waals surface area contributed by atoms with E-state index < -0.39 is 6.29 Å². The van der Waals surface area contributed by atoms with Gasteiger partial charge in [-0.15, -0.1) is 0 Å². The summed E-state index contributed by atoms with van der Waals surface area (Å²) in [5, 5.41) is 20.9. The maximum absolute atomic E-state index is 12.4. The van der Waals surface area contributed by atoms with Gasteiger partial charge in [0.05, 0.1) is 25.4 Å². The number of rotatable bonds is 15. The van der Waals surface area contributed by atoms with Crippen LogP contribution in [-0.4, -0.2) is 66.0 Å². The lowest BCUT2D eigenvalue weighted by Gasteiger charge is -2.38. The van der Waals surface area contributed by atoms with Crippen molar-refractivity contribution in [3.63, 3.8) is 0 Å². The molecule has 4 atom stereocenters. The van der Waals surface area contributed by atoms with Crippen LogP contribution in [-0.2, 0) is 30.4 Å². The number of hydroxylamine groups is 1. The van der Waals surface area contributed by atoms with E-state index in [1.54, 1.807) is 12.6 Å². The summed E-state index contributed by atoms with van der Waals surface area (Å²) in [6, 6.07) is 15.9. The highest BCUT2D eigenvalue weighted by molar-refractivity contribution is 5.90. The molecule has 230 valence electrons. The average molecular weight is 584 g/mol. The molecule has 0 spiro atoms. The number of nitrogens with one attached hydrogen (secondary N) is 2. The third-order valence-corrected chi connectivity index (χ3v) is 8.06. The summed E-state index contributed by atoms with van der Waals surface area (Å²) in [6.45, 7) is 2.56. The molecule has 0 radical (unpaired) electrons. The third-order valence-electron chi connectivity index (χ3n) is 8.06. The summed E-state index contributed by atoms with van der Waals surface area (Å²) < 4.78 is 18.4. The Labute approximate surface area is 248 Å². The predicted octanol–water partition coefficient (Wildman–Crippen LogP) is 4.62. The number of carbonyl (C=O) groups is 2. The summed E-state index contributed by atoms with van der Waals surface area (Å²) in [6.07, 6.45) is 6.07. The van der Waals surface area contributed by atoms with Crippen LogP contribution in [0, 0.1) is 0 Å². The molecule has 2 heterocycles. The molecule has 10 heteroatoms. The van der Waals surface area contributed by atoms with Crippen molar-refractivity contribution in [1.82, 2.24) is 10.4 Å². The van der Waals surface area contributed by atoms with E-state index in [1.165, 1.54) is 0 Å². The molecule has 2 aliphatic heterocycles. The minimum Gasteiger partial charge on any atom is -0.392 e. The first kappa shape index (κ1) is 32.1. The first-order valence-corrected chi connectivity index (χ1v) is 15.1. The Morgan fingerprint density at radius 3 is 2.31 bits per heavy atom. The molecule has 0 aliphatic carbocycles. The van der Waals surface area contributed by atoms with Gasteiger partial charge in [-0.1, -0.05) is 49.2 Å². The van der Waals surface area contributed by atoms with Crippen molar-refractivity contribution in [3.05, 3.63) is 65.2 Å². The fraction of sp³-hybridized carbons (Fsp3) is 0.562. The SMILES string of the molecule is COCC1CCCN1CC1CC(c2ccc(CO)cc2)OC(c2ccc(NC(=O)CCCCCCC(=O)NO)cc2)O1. The number of anilines is 1. The average Bonchev–Trinajstić information content (AvgIpc) is 3.45. The van der Waals surface area contributed by atoms with Crippen LogP contribution in [0.4, 0.5) is 5.69 Å². The second-order valence-electron chi connectivity index (χ2n) is 11.2. The minimum absolute atomic E-state index is 0.00437. The largest absolute Gasteiger partial charge is 0.392 e. The molecule has 2 saturated heterocycles. The van der Waals surface area contributed by atoms with Crippen molar-refractivity contribution >= 4 is 17.5 Å². The van der Waals surface area contributed by atoms with Gasteiger partial charge in [-0.2, -0.15) is 0 Å². The van der Waals surface area contributed by atoms with Gasteiger partial charge in [0.25, 0.3) is 0 Å². The lowest BCUT2D eigenvalue weighted by molar-refractivity contribution is -0.253. The van der Waals surface area contributed by atoms with Gasteiger partial charge in [0.1, 0.15) is 0 Å². The fourth-order valence-electron chi connectivity index (χ4n) is 5.74. The number of methoxy groups -OCH3 is 1. The molecule has 10 nitrogen and oxygen atoms in total. The second-order valence-corrected chi connectivity index (χ2v) is 11.2. The third kappa shape index (κ3) is 9.58. The number of likely N-dealkylation sites (tertiary alicyclic amines) is 1. The molecule has 2 fully saturated rings. The number of aliphatic hydroxyl groups excluding tert-OH is 1. The number of nitrogens with zero attached hydrogens (tertiary/aromatic N) is 1. The molecular formula is C32H45N3O7. The zero-order chi connectivity index (χ0) is 29.7. The molecule has 2 aromatic rings. The topological polar surface area (TPSA) is 130 Å². The highest BCUT2D eigenvalue weighted by atomic mass is 16.7. The van der Waals surface area contributed by atoms with E-state index >= 15 is 0 Å². The van der Waals surface area contributed by atoms with Gasteiger partial charge in [-0.25, -0.2) is 5.48 Å². The molecule has 2 amide bonds. The number of unbranched alkanes of at least 4 members (excludes halogenated alkanes) is 3. The molecule has 2 aromatic carbocycles. The van der Waals surface area contributed by atoms with Gasteiger partial charge >= 0.3 is 0 Å². The highest BCUT2D eigenvalue weighted by Crippen LogP contribution is 2.39. The zero-order valence-electron chi connectivity index (χ0n) is 24.5. The minimum atomic E-state index is -0.549. The Kier molecular flexibility index (Phi) is 12.7. The first-order valence-electron chi connectivity index (χ1n) is 15.1. The number of aliphatic hydroxyl groups is 1. The van der Waals surface area contributed by atoms with E-state index in [4.69, 9.17) is 19.4 Å². The lowest BCUT2D eigenvalue weighted by Crippen LogP contribution is -2.42. The number of hydrogen-bond donors (Lipinski definition) is 4. The van der Waals surface area contributed by atoms with E-state index in [2.05, 4.69) is 10.2 Å². The summed E-state index contributed by atoms with van der Waals surface area (Å²) in [5.41, 5.74) is 5.15. The molecule has 4 N–H and O–H groups in total. The molecular weight excluding hydrogens is 538 g/mol. The van der Waals surface area contributed by atoms with E-state index in [9.17, 15) is 14.7 Å². The first-order chi connectivity index (χ1) is 20.5. The molecule has 42 heavy (non-hydrogen) atoms. The Morgan fingerprint density at radius 1 is 0.952 bits per heavy atom. The molecule has 0 aromatic heterocycles. The van der Waals surface area contributed by atoms with Crippen LogP contribution in [0.3, 0.4) is 0 Å². The molecule has 0 bridgehead atoms. The fourth-order valence-corrected chi connectivity index (χ4v) is 5.74. The maximum Gasteiger partial charge on any atom is 0.243 e. The van der Waals surface area contributed by atoms with E-state index in [-0.39, 0.29) is 37.0 Å². The Morgan fingerprint density at radius 2 is 1.64 bits per heavy atom. The van der Waals surface area contributed by atoms with Crippen LogP contribution in [0.25, 0.3) is 0 Å². The quantitative estimate of drug-likeness (QED) is 0.136. The van der Waals surface area contributed by atoms with Crippen LogP contribution < -0.4 is 10.8 Å². The van der Waals surface area contributed by atoms with Crippen molar-refractivity contribution in [2.45, 2.75) is 88.9 Å². The predicted molar refractivity (Wildman–Crippen MR) is 158 cm³/mol. The molecule has 0 saturated carbocycles. The van der Waals surface area contributed by atoms with Crippen LogP contribution in [0.15, 0.2) is 48.5 Å². The number of amides is 2. The van der Waals surface area contributed by atoms with Gasteiger partial charge in [0.2, 0.25) is 11.8 Å². The van der Waals surface area contributed by atoms with Gasteiger partial charge < -0.3 is 24.6 Å². The van der Waals surface area contributed by atoms with Gasteiger partial charge in [0, 0.05) is 50.2 Å². The van der Waals surface area contributed by atoms with Crippen molar-refractivity contribution in [1.29, 1.82) is 0 Å². The van der Waals surface area contributed by atoms with Crippen LogP contribution in [0.1, 0.15) is 86.9 Å². The number of hydrogen-bond acceptors (Lipinski definition) is 8. The van der Waals surface area contributed by atoms with Crippen molar-refractivity contribution in [2.24, 2.45) is 0 Å². The second kappa shape index (κ2) is 16.7. The number of ether oxygens (including phenoxy) is 3. The zero-order valence-corrected chi connectivity index (χ0v) is 24.5. The number of carbonyl (C=O) groups excluding carboxylic acids is 2. The smallest absolute Gasteiger partial charge is 0.243 e. The Bertz CT molecular complexity index is 1110. The van der Waals surface area contributed by atoms with Crippen LogP contribution in [0.2, 0.25) is 0 Å². The van der Waals surface area contributed by atoms with Gasteiger partial charge in [-0.05, 0) is 55.5 Å². The Hall–Kier alpha value is -2.86. The standard InChI is InChI=1S/C32H45N3O7/c1-40-22-27-7-6-18-35(27)20-28-19-29(24-12-10-23(21-36)11-13-24)42-32(41-28)25-14-16-26(17-15-25)33-30(37)8-4-2-3-5-9-31(38)34-39/h10-17,27-29,32,36,39H,2-9,18-22H2,1H3,(H,33,37)(H,34,38). The van der Waals surface area contributed by atoms with E-state index in [1.807, 2.05) is 48.5 Å². The highest BCUT2D eigenvalue weighted by Gasteiger charge is 2.35. The normalized spacial score (nSPS) is 22.6.